The van der Waals surface area contributed by atoms with Crippen LogP contribution in [0.15, 0.2) is 70.5 Å². The van der Waals surface area contributed by atoms with E-state index in [-0.39, 0.29) is 54.1 Å². The van der Waals surface area contributed by atoms with Gasteiger partial charge in [0.1, 0.15) is 23.9 Å². The number of anilines is 3. The Balaban J connectivity index is 0.000000320. The summed E-state index contributed by atoms with van der Waals surface area (Å²) in [6.07, 6.45) is 5.27. The van der Waals surface area contributed by atoms with E-state index in [9.17, 15) is 26.4 Å². The minimum absolute atomic E-state index is 0. The molecule has 412 valence electrons. The van der Waals surface area contributed by atoms with Crippen molar-refractivity contribution in [1.82, 2.24) is 18.4 Å². The van der Waals surface area contributed by atoms with E-state index in [1.807, 2.05) is 12.1 Å². The van der Waals surface area contributed by atoms with E-state index in [1.54, 1.807) is 59.1 Å². The van der Waals surface area contributed by atoms with Crippen molar-refractivity contribution < 1.29 is 40.6 Å². The second-order valence-electron chi connectivity index (χ2n) is 19.8. The van der Waals surface area contributed by atoms with Crippen LogP contribution >= 0.6 is 12.4 Å². The number of likely N-dealkylation sites (N-methyl/N-ethyl adjacent to an activating group) is 1. The first-order valence-corrected chi connectivity index (χ1v) is 27.8. The second-order valence-corrected chi connectivity index (χ2v) is 23.8. The number of ketones is 1. The molecule has 2 N–H and O–H groups in total. The van der Waals surface area contributed by atoms with Crippen molar-refractivity contribution in [2.75, 3.05) is 118 Å². The Morgan fingerprint density at radius 1 is 0.608 bits per heavy atom. The molecule has 0 saturated carbocycles. The number of rotatable bonds is 19. The minimum Gasteiger partial charge on any atom is -0.497 e. The summed E-state index contributed by atoms with van der Waals surface area (Å²) in [7, 11) is 7.38. The minimum atomic E-state index is -3.71. The number of nitrogen functional groups attached to an aromatic ring is 1. The van der Waals surface area contributed by atoms with Gasteiger partial charge in [-0.25, -0.2) is 21.1 Å². The highest BCUT2D eigenvalue weighted by atomic mass is 35.5. The number of hydrogen-bond acceptors (Lipinski definition) is 14. The molecule has 0 radical (unpaired) electrons. The molecule has 0 amide bonds. The van der Waals surface area contributed by atoms with E-state index in [0.29, 0.717) is 52.7 Å². The van der Waals surface area contributed by atoms with Crippen molar-refractivity contribution in [3.05, 3.63) is 99.6 Å². The number of piperidine rings is 2. The van der Waals surface area contributed by atoms with Crippen molar-refractivity contribution in [3.8, 4) is 11.5 Å². The average molecular weight is 1090 g/mol. The van der Waals surface area contributed by atoms with Gasteiger partial charge in [0.05, 0.1) is 24.0 Å². The van der Waals surface area contributed by atoms with Crippen LogP contribution in [0, 0.1) is 41.5 Å². The molecule has 2 heterocycles. The maximum atomic E-state index is 13.2. The SMILES string of the molecule is COc1cc(C)c(S(=O)(=O)N(C)CCC(=O)Cc2ccc(N3CCC(N(C)C)CC3)c(C)c2)c(C)c1.COc1cc(C)c(S(=O)(=O)N(C)CCOC=O)c(C)c1.Cc1cc(N)ccc1N1CCC(N(C)C)CC1.Cl. The first-order valence-electron chi connectivity index (χ1n) is 24.9. The topological polar surface area (TPSA) is 176 Å². The van der Waals surface area contributed by atoms with Gasteiger partial charge in [-0.2, -0.15) is 4.31 Å². The molecule has 2 aliphatic rings. The fourth-order valence-corrected chi connectivity index (χ4v) is 12.8. The molecule has 6 rings (SSSR count). The van der Waals surface area contributed by atoms with Crippen molar-refractivity contribution in [3.63, 3.8) is 0 Å². The number of nitrogens with zero attached hydrogens (tertiary/aromatic N) is 6. The molecule has 0 unspecified atom stereocenters. The van der Waals surface area contributed by atoms with E-state index in [1.165, 1.54) is 60.9 Å². The summed E-state index contributed by atoms with van der Waals surface area (Å²) in [5.41, 5.74) is 15.2. The maximum absolute atomic E-state index is 13.2. The predicted molar refractivity (Wildman–Crippen MR) is 302 cm³/mol. The number of carbonyl (C=O) groups is 2. The average Bonchev–Trinajstić information content (AvgIpc) is 3.33. The molecule has 0 aromatic heterocycles. The third-order valence-electron chi connectivity index (χ3n) is 13.9. The van der Waals surface area contributed by atoms with Crippen molar-refractivity contribution in [2.24, 2.45) is 0 Å². The van der Waals surface area contributed by atoms with Crippen LogP contribution in [0.5, 0.6) is 11.5 Å². The lowest BCUT2D eigenvalue weighted by atomic mass is 10.00. The summed E-state index contributed by atoms with van der Waals surface area (Å²) >= 11 is 0. The molecule has 2 aliphatic heterocycles. The summed E-state index contributed by atoms with van der Waals surface area (Å²) in [5, 5.41) is 0. The largest absolute Gasteiger partial charge is 0.497 e. The second kappa shape index (κ2) is 28.8. The Hall–Kier alpha value is -4.95. The molecular formula is C55H84ClN7O9S2. The highest BCUT2D eigenvalue weighted by Crippen LogP contribution is 2.31. The number of hydrogen-bond donors (Lipinski definition) is 1. The van der Waals surface area contributed by atoms with Crippen LogP contribution in [-0.2, 0) is 40.8 Å². The maximum Gasteiger partial charge on any atom is 0.293 e. The van der Waals surface area contributed by atoms with Gasteiger partial charge in [0.15, 0.2) is 0 Å². The predicted octanol–water partition coefficient (Wildman–Crippen LogP) is 7.61. The molecule has 19 heteroatoms. The molecule has 0 aliphatic carbocycles. The summed E-state index contributed by atoms with van der Waals surface area (Å²) in [4.78, 5) is 32.9. The number of carbonyl (C=O) groups excluding carboxylic acids is 2. The van der Waals surface area contributed by atoms with Gasteiger partial charge in [-0.05, 0) is 183 Å². The van der Waals surface area contributed by atoms with E-state index in [4.69, 9.17) is 15.2 Å². The van der Waals surface area contributed by atoms with Gasteiger partial charge in [0, 0.05) is 95.4 Å². The fraction of sp³-hybridized carbons (Fsp3) is 0.527. The number of sulfonamides is 2. The van der Waals surface area contributed by atoms with Crippen molar-refractivity contribution in [1.29, 1.82) is 0 Å². The van der Waals surface area contributed by atoms with E-state index >= 15 is 0 Å². The number of benzene rings is 4. The highest BCUT2D eigenvalue weighted by Gasteiger charge is 2.28. The normalized spacial score (nSPS) is 14.5. The molecule has 0 spiro atoms. The van der Waals surface area contributed by atoms with Crippen LogP contribution in [0.1, 0.15) is 71.0 Å². The number of nitrogens with two attached hydrogens (primary N) is 1. The monoisotopic (exact) mass is 1090 g/mol. The molecule has 16 nitrogen and oxygen atoms in total. The Morgan fingerprint density at radius 2 is 1.00 bits per heavy atom. The molecule has 2 saturated heterocycles. The highest BCUT2D eigenvalue weighted by molar-refractivity contribution is 7.89. The first kappa shape index (κ1) is 63.3. The van der Waals surface area contributed by atoms with Crippen molar-refractivity contribution >= 4 is 61.8 Å². The first-order chi connectivity index (χ1) is 34.3. The van der Waals surface area contributed by atoms with Crippen LogP contribution in [0.3, 0.4) is 0 Å². The Kier molecular flexibility index (Phi) is 24.7. The molecule has 74 heavy (non-hydrogen) atoms. The zero-order valence-corrected chi connectivity index (χ0v) is 48.8. The Bertz CT molecular complexity index is 2660. The van der Waals surface area contributed by atoms with Gasteiger partial charge >= 0.3 is 0 Å². The Morgan fingerprint density at radius 3 is 1.36 bits per heavy atom. The van der Waals surface area contributed by atoms with Crippen LogP contribution in [-0.4, -0.2) is 162 Å². The zero-order valence-electron chi connectivity index (χ0n) is 46.4. The van der Waals surface area contributed by atoms with Gasteiger partial charge in [0.25, 0.3) is 6.47 Å². The Labute approximate surface area is 449 Å². The molecule has 0 bridgehead atoms. The van der Waals surface area contributed by atoms with E-state index in [0.717, 1.165) is 60.6 Å². The van der Waals surface area contributed by atoms with Crippen LogP contribution in [0.25, 0.3) is 0 Å². The fourth-order valence-electron chi connectivity index (χ4n) is 9.71. The number of halogens is 1. The summed E-state index contributed by atoms with van der Waals surface area (Å²) in [6.45, 7) is 16.1. The van der Waals surface area contributed by atoms with Crippen LogP contribution < -0.4 is 25.0 Å². The quantitative estimate of drug-likeness (QED) is 0.0552. The van der Waals surface area contributed by atoms with Gasteiger partial charge in [-0.1, -0.05) is 12.1 Å². The van der Waals surface area contributed by atoms with Gasteiger partial charge in [-0.15, -0.1) is 12.4 Å². The number of Topliss-reactive ketones (excluding diaryl/α,β-unsaturated/α-hetero) is 1. The number of aryl methyl sites for hydroxylation is 6. The van der Waals surface area contributed by atoms with Gasteiger partial charge < -0.3 is 39.5 Å². The lowest BCUT2D eigenvalue weighted by Gasteiger charge is -2.37. The van der Waals surface area contributed by atoms with Crippen molar-refractivity contribution in [2.45, 2.75) is 102 Å². The molecular weight excluding hydrogens is 1000 g/mol. The third kappa shape index (κ3) is 17.0. The summed E-state index contributed by atoms with van der Waals surface area (Å²) < 4.78 is 68.7. The lowest BCUT2D eigenvalue weighted by molar-refractivity contribution is -0.128. The number of methoxy groups -OCH3 is 2. The zero-order chi connectivity index (χ0) is 54.4. The smallest absolute Gasteiger partial charge is 0.293 e. The number of ether oxygens (including phenoxy) is 3. The summed E-state index contributed by atoms with van der Waals surface area (Å²) in [6, 6.07) is 20.6. The van der Waals surface area contributed by atoms with Crippen LogP contribution in [0.4, 0.5) is 17.1 Å². The lowest BCUT2D eigenvalue weighted by Crippen LogP contribution is -2.42. The van der Waals surface area contributed by atoms with Crippen LogP contribution in [0.2, 0.25) is 0 Å². The third-order valence-corrected chi connectivity index (χ3v) is 18.3. The molecule has 0 atom stereocenters. The van der Waals surface area contributed by atoms with E-state index < -0.39 is 20.0 Å². The molecule has 4 aromatic carbocycles. The molecule has 4 aromatic rings. The van der Waals surface area contributed by atoms with Gasteiger partial charge in [0.2, 0.25) is 20.0 Å². The van der Waals surface area contributed by atoms with Gasteiger partial charge in [-0.3, -0.25) is 9.59 Å². The summed E-state index contributed by atoms with van der Waals surface area (Å²) in [5.74, 6) is 1.27. The van der Waals surface area contributed by atoms with E-state index in [2.05, 4.69) is 90.6 Å². The molecule has 2 fully saturated rings. The standard InChI is InChI=1S/C28H41N3O4S.C14H23N3.C13H19NO5S.ClH/c1-20-16-23(8-9-27(20)31-14-10-24(11-15-31)29(4)5)19-25(32)12-13-30(6)36(33,34)28-21(2)17-26(35-7)18-22(28)3;1-11-10-12(15)4-5-14(11)17-8-6-13(7-9-17)16(2)3;1-10-7-12(18-4)8-11(2)13(10)20(16,17)14(3)5-6-19-9-15;/h8-9,16-18,24H,10-15,19H2,1-7H3;4-5,10,13H,6-9,15H2,1-3H3;7-9H,5-6H2,1-4H3;1H.